The summed E-state index contributed by atoms with van der Waals surface area (Å²) in [4.78, 5) is 21.7. The second-order valence-corrected chi connectivity index (χ2v) is 5.44. The van der Waals surface area contributed by atoms with Gasteiger partial charge in [0, 0.05) is 11.6 Å². The van der Waals surface area contributed by atoms with Gasteiger partial charge in [-0.25, -0.2) is 10.2 Å². The Morgan fingerprint density at radius 2 is 2.13 bits per heavy atom. The van der Waals surface area contributed by atoms with Crippen LogP contribution in [0.3, 0.4) is 0 Å². The van der Waals surface area contributed by atoms with E-state index in [2.05, 4.69) is 10.5 Å². The number of nitrogens with one attached hydrogen (secondary N) is 1. The quantitative estimate of drug-likeness (QED) is 0.487. The van der Waals surface area contributed by atoms with E-state index in [1.165, 1.54) is 0 Å². The van der Waals surface area contributed by atoms with Gasteiger partial charge in [-0.05, 0) is 27.7 Å². The van der Waals surface area contributed by atoms with E-state index in [4.69, 9.17) is 9.47 Å². The average molecular weight is 325 g/mol. The van der Waals surface area contributed by atoms with Gasteiger partial charge in [0.2, 0.25) is 0 Å². The summed E-state index contributed by atoms with van der Waals surface area (Å²) in [5.74, 6) is -0.354. The molecule has 0 aromatic heterocycles. The van der Waals surface area contributed by atoms with Crippen LogP contribution in [0, 0.1) is 10.1 Å². The lowest BCUT2D eigenvalue weighted by molar-refractivity contribution is -0.385. The van der Waals surface area contributed by atoms with Crippen LogP contribution in [0.15, 0.2) is 17.2 Å². The first-order valence-corrected chi connectivity index (χ1v) is 6.80. The van der Waals surface area contributed by atoms with Crippen LogP contribution in [0.25, 0.3) is 0 Å². The maximum absolute atomic E-state index is 11.4. The minimum absolute atomic E-state index is 0.0266. The van der Waals surface area contributed by atoms with Gasteiger partial charge in [-0.1, -0.05) is 0 Å². The number of hydrogen-bond acceptors (Lipinski definition) is 7. The van der Waals surface area contributed by atoms with E-state index in [1.807, 2.05) is 0 Å². The van der Waals surface area contributed by atoms with E-state index >= 15 is 0 Å². The Kier molecular flexibility index (Phi) is 5.88. The highest BCUT2D eigenvalue weighted by Gasteiger charge is 2.17. The van der Waals surface area contributed by atoms with Gasteiger partial charge in [-0.3, -0.25) is 10.1 Å². The number of ether oxygens (including phenoxy) is 2. The summed E-state index contributed by atoms with van der Waals surface area (Å²) in [6.07, 6.45) is 0.276. The topological polar surface area (TPSA) is 123 Å². The smallest absolute Gasteiger partial charge is 0.428 e. The van der Waals surface area contributed by atoms with Gasteiger partial charge in [0.25, 0.3) is 5.69 Å². The zero-order valence-electron chi connectivity index (χ0n) is 13.3. The van der Waals surface area contributed by atoms with Crippen LogP contribution >= 0.6 is 0 Å². The molecule has 0 spiro atoms. The third kappa shape index (κ3) is 5.81. The maximum Gasteiger partial charge on any atom is 0.428 e. The minimum Gasteiger partial charge on any atom is -0.504 e. The first kappa shape index (κ1) is 18.2. The van der Waals surface area contributed by atoms with Gasteiger partial charge in [0.15, 0.2) is 11.5 Å². The highest BCUT2D eigenvalue weighted by Crippen LogP contribution is 2.33. The zero-order valence-corrected chi connectivity index (χ0v) is 13.3. The molecule has 1 rings (SSSR count). The number of phenolic OH excluding ortho intramolecular Hbond substituents is 1. The molecule has 1 aromatic carbocycles. The highest BCUT2D eigenvalue weighted by molar-refractivity contribution is 5.87. The van der Waals surface area contributed by atoms with Crippen LogP contribution in [-0.2, 0) is 4.74 Å². The maximum atomic E-state index is 11.4. The van der Waals surface area contributed by atoms with Crippen molar-refractivity contribution in [2.45, 2.75) is 33.3 Å². The van der Waals surface area contributed by atoms with Crippen molar-refractivity contribution in [1.29, 1.82) is 0 Å². The minimum atomic E-state index is -0.788. The number of nitro groups is 1. The number of hydrazone groups is 1. The Labute approximate surface area is 133 Å². The molecule has 0 atom stereocenters. The normalized spacial score (nSPS) is 11.3. The van der Waals surface area contributed by atoms with Crippen molar-refractivity contribution in [2.24, 2.45) is 5.10 Å². The number of carbonyl (C=O) groups excluding carboxylic acids is 1. The molecule has 0 radical (unpaired) electrons. The first-order chi connectivity index (χ1) is 10.6. The largest absolute Gasteiger partial charge is 0.504 e. The van der Waals surface area contributed by atoms with E-state index in [9.17, 15) is 20.0 Å². The van der Waals surface area contributed by atoms with Crippen molar-refractivity contribution in [2.75, 3.05) is 6.61 Å². The summed E-state index contributed by atoms with van der Waals surface area (Å²) in [5.41, 5.74) is 1.17. The molecule has 0 aliphatic heterocycles. The molecule has 0 heterocycles. The molecule has 0 fully saturated rings. The molecule has 1 aromatic rings. The molecule has 0 bridgehead atoms. The highest BCUT2D eigenvalue weighted by atomic mass is 16.6. The molecule has 23 heavy (non-hydrogen) atoms. The zero-order chi connectivity index (χ0) is 17.6. The second kappa shape index (κ2) is 7.43. The summed E-state index contributed by atoms with van der Waals surface area (Å²) < 4.78 is 10.1. The van der Waals surface area contributed by atoms with Crippen LogP contribution in [0.4, 0.5) is 10.5 Å². The van der Waals surface area contributed by atoms with Crippen molar-refractivity contribution >= 4 is 18.0 Å². The Morgan fingerprint density at radius 1 is 1.48 bits per heavy atom. The Bertz CT molecular complexity index is 622. The predicted octanol–water partition coefficient (Wildman–Crippen LogP) is 2.56. The molecular weight excluding hydrogens is 306 g/mol. The average Bonchev–Trinajstić information content (AvgIpc) is 2.40. The number of phenols is 1. The van der Waals surface area contributed by atoms with Crippen molar-refractivity contribution < 1.29 is 24.3 Å². The second-order valence-electron chi connectivity index (χ2n) is 5.44. The molecular formula is C14H19N3O6. The van der Waals surface area contributed by atoms with Crippen LogP contribution in [0.5, 0.6) is 11.5 Å². The van der Waals surface area contributed by atoms with Crippen LogP contribution in [-0.4, -0.2) is 34.5 Å². The molecule has 0 saturated carbocycles. The van der Waals surface area contributed by atoms with Gasteiger partial charge in [0.05, 0.1) is 23.8 Å². The fraction of sp³-hybridized carbons (Fsp3) is 0.429. The monoisotopic (exact) mass is 325 g/mol. The number of hydrogen-bond donors (Lipinski definition) is 2. The van der Waals surface area contributed by atoms with Gasteiger partial charge in [0.1, 0.15) is 5.60 Å². The fourth-order valence-corrected chi connectivity index (χ4v) is 1.54. The van der Waals surface area contributed by atoms with Crippen molar-refractivity contribution in [3.05, 3.63) is 27.8 Å². The number of amides is 1. The molecule has 0 aliphatic carbocycles. The van der Waals surface area contributed by atoms with Gasteiger partial charge in [-0.15, -0.1) is 0 Å². The first-order valence-electron chi connectivity index (χ1n) is 6.80. The van der Waals surface area contributed by atoms with Gasteiger partial charge >= 0.3 is 6.09 Å². The van der Waals surface area contributed by atoms with E-state index < -0.39 is 16.6 Å². The number of nitro benzene ring substituents is 1. The molecule has 0 saturated heterocycles. The standard InChI is InChI=1S/C14H19N3O6/c1-5-22-11-7-10(17(20)21)6-9(12(11)18)8-15-16-13(19)23-14(2,3)4/h6-8,18H,5H2,1-4H3,(H,16,19)/b15-8+. The number of benzene rings is 1. The molecule has 1 amide bonds. The van der Waals surface area contributed by atoms with Gasteiger partial charge < -0.3 is 14.6 Å². The summed E-state index contributed by atoms with van der Waals surface area (Å²) in [5, 5.41) is 24.5. The van der Waals surface area contributed by atoms with Crippen LogP contribution in [0.2, 0.25) is 0 Å². The fourth-order valence-electron chi connectivity index (χ4n) is 1.54. The van der Waals surface area contributed by atoms with E-state index in [1.54, 1.807) is 27.7 Å². The van der Waals surface area contributed by atoms with Crippen LogP contribution in [0.1, 0.15) is 33.3 Å². The Hall–Kier alpha value is -2.84. The Balaban J connectivity index is 2.96. The SMILES string of the molecule is CCOc1cc([N+](=O)[O-])cc(/C=N/NC(=O)OC(C)(C)C)c1O. The van der Waals surface area contributed by atoms with Crippen molar-refractivity contribution in [1.82, 2.24) is 5.43 Å². The summed E-state index contributed by atoms with van der Waals surface area (Å²) >= 11 is 0. The molecule has 126 valence electrons. The van der Waals surface area contributed by atoms with E-state index in [-0.39, 0.29) is 29.4 Å². The molecule has 0 aliphatic rings. The predicted molar refractivity (Wildman–Crippen MR) is 82.9 cm³/mol. The molecule has 0 unspecified atom stereocenters. The number of nitrogens with zero attached hydrogens (tertiary/aromatic N) is 2. The number of rotatable bonds is 5. The van der Waals surface area contributed by atoms with E-state index in [0.29, 0.717) is 0 Å². The van der Waals surface area contributed by atoms with Crippen molar-refractivity contribution in [3.63, 3.8) is 0 Å². The lowest BCUT2D eigenvalue weighted by Crippen LogP contribution is -2.29. The summed E-state index contributed by atoms with van der Waals surface area (Å²) in [6, 6.07) is 2.22. The Morgan fingerprint density at radius 3 is 2.65 bits per heavy atom. The molecule has 9 nitrogen and oxygen atoms in total. The summed E-state index contributed by atoms with van der Waals surface area (Å²) in [6.45, 7) is 6.97. The summed E-state index contributed by atoms with van der Waals surface area (Å²) in [7, 11) is 0. The number of non-ortho nitro benzene ring substituents is 1. The van der Waals surface area contributed by atoms with Gasteiger partial charge in [-0.2, -0.15) is 5.10 Å². The molecule has 9 heteroatoms. The van der Waals surface area contributed by atoms with Crippen LogP contribution < -0.4 is 10.2 Å². The lowest BCUT2D eigenvalue weighted by atomic mass is 10.1. The number of aromatic hydroxyl groups is 1. The lowest BCUT2D eigenvalue weighted by Gasteiger charge is -2.18. The third-order valence-electron chi connectivity index (χ3n) is 2.36. The third-order valence-corrected chi connectivity index (χ3v) is 2.36. The number of carbonyl (C=O) groups is 1. The van der Waals surface area contributed by atoms with E-state index in [0.717, 1.165) is 18.3 Å². The molecule has 2 N–H and O–H groups in total. The van der Waals surface area contributed by atoms with Crippen molar-refractivity contribution in [3.8, 4) is 11.5 Å².